The van der Waals surface area contributed by atoms with Crippen LogP contribution in [0.5, 0.6) is 5.75 Å². The molecular weight excluding hydrogens is 509 g/mol. The molecule has 3 aromatic heterocycles. The number of benzene rings is 1. The van der Waals surface area contributed by atoms with E-state index in [1.807, 2.05) is 6.92 Å². The number of rotatable bonds is 9. The standard InChI is InChI=1S/C26H26FN7O5/c1-14(24-32-22(23(35)26(37)33(24)3)25(36)31-18-11-30-39-13-18)21(19-9-17(27)6-5-16(19)10-28)20-12-29-34(15(20)2)7-8-38-4/h5-6,9,11-14,21,35H,7-8H2,1-4H3,(H,31,36)/t14-,21-/m0/s1. The molecule has 4 rings (SSSR count). The van der Waals surface area contributed by atoms with Crippen LogP contribution in [0.1, 0.15) is 57.5 Å². The number of nitriles is 1. The average molecular weight is 536 g/mol. The van der Waals surface area contributed by atoms with Crippen molar-refractivity contribution in [2.24, 2.45) is 7.05 Å². The van der Waals surface area contributed by atoms with Crippen molar-refractivity contribution >= 4 is 11.6 Å². The molecule has 12 nitrogen and oxygen atoms in total. The molecular formula is C26H26FN7O5. The Bertz CT molecular complexity index is 1600. The molecule has 0 aliphatic rings. The second-order valence-corrected chi connectivity index (χ2v) is 8.91. The molecule has 0 saturated carbocycles. The third-order valence-electron chi connectivity index (χ3n) is 6.57. The molecule has 0 bridgehead atoms. The van der Waals surface area contributed by atoms with Crippen molar-refractivity contribution in [2.45, 2.75) is 32.2 Å². The van der Waals surface area contributed by atoms with E-state index in [0.29, 0.717) is 24.3 Å². The maximum absolute atomic E-state index is 14.5. The van der Waals surface area contributed by atoms with Gasteiger partial charge in [0.1, 0.15) is 23.6 Å². The van der Waals surface area contributed by atoms with Gasteiger partial charge in [0.15, 0.2) is 5.69 Å². The van der Waals surface area contributed by atoms with Gasteiger partial charge in [-0.2, -0.15) is 10.4 Å². The van der Waals surface area contributed by atoms with E-state index in [1.165, 1.54) is 37.7 Å². The zero-order valence-corrected chi connectivity index (χ0v) is 21.7. The number of hydrogen-bond donors (Lipinski definition) is 2. The Balaban J connectivity index is 1.89. The monoisotopic (exact) mass is 535 g/mol. The fraction of sp³-hybridized carbons (Fsp3) is 0.308. The lowest BCUT2D eigenvalue weighted by atomic mass is 9.79. The predicted molar refractivity (Wildman–Crippen MR) is 136 cm³/mol. The van der Waals surface area contributed by atoms with Gasteiger partial charge in [-0.25, -0.2) is 9.37 Å². The Morgan fingerprint density at radius 1 is 1.33 bits per heavy atom. The first-order valence-electron chi connectivity index (χ1n) is 11.9. The fourth-order valence-corrected chi connectivity index (χ4v) is 4.55. The molecule has 3 heterocycles. The van der Waals surface area contributed by atoms with Crippen LogP contribution in [0, 0.1) is 24.1 Å². The molecule has 2 N–H and O–H groups in total. The molecule has 0 fully saturated rings. The van der Waals surface area contributed by atoms with Crippen molar-refractivity contribution < 1.29 is 23.6 Å². The van der Waals surface area contributed by atoms with E-state index in [9.17, 15) is 24.3 Å². The average Bonchev–Trinajstić information content (AvgIpc) is 3.56. The van der Waals surface area contributed by atoms with Crippen LogP contribution < -0.4 is 10.9 Å². The molecule has 0 unspecified atom stereocenters. The molecule has 202 valence electrons. The summed E-state index contributed by atoms with van der Waals surface area (Å²) in [5.74, 6) is -3.53. The minimum absolute atomic E-state index is 0.121. The van der Waals surface area contributed by atoms with E-state index in [1.54, 1.807) is 24.9 Å². The van der Waals surface area contributed by atoms with Crippen molar-refractivity contribution in [1.82, 2.24) is 24.5 Å². The van der Waals surface area contributed by atoms with Crippen LogP contribution in [0.4, 0.5) is 10.1 Å². The number of ether oxygens (including phenoxy) is 1. The number of anilines is 1. The topological polar surface area (TPSA) is 161 Å². The maximum atomic E-state index is 14.5. The summed E-state index contributed by atoms with van der Waals surface area (Å²) in [4.78, 5) is 30.3. The van der Waals surface area contributed by atoms with E-state index >= 15 is 0 Å². The lowest BCUT2D eigenvalue weighted by Gasteiger charge is -2.27. The first-order valence-corrected chi connectivity index (χ1v) is 11.9. The molecule has 1 amide bonds. The summed E-state index contributed by atoms with van der Waals surface area (Å²) in [6.07, 6.45) is 4.04. The highest BCUT2D eigenvalue weighted by Gasteiger charge is 2.33. The summed E-state index contributed by atoms with van der Waals surface area (Å²) in [6.45, 7) is 4.44. The first kappa shape index (κ1) is 27.2. The Hall–Kier alpha value is -4.83. The van der Waals surface area contributed by atoms with Crippen molar-refractivity contribution in [1.29, 1.82) is 5.26 Å². The highest BCUT2D eigenvalue weighted by molar-refractivity contribution is 6.04. The number of nitrogens with one attached hydrogen (secondary N) is 1. The van der Waals surface area contributed by atoms with Crippen molar-refractivity contribution in [2.75, 3.05) is 19.0 Å². The van der Waals surface area contributed by atoms with Crippen LogP contribution in [0.2, 0.25) is 0 Å². The van der Waals surface area contributed by atoms with E-state index in [4.69, 9.17) is 9.26 Å². The molecule has 39 heavy (non-hydrogen) atoms. The van der Waals surface area contributed by atoms with Crippen molar-refractivity contribution in [3.05, 3.63) is 86.9 Å². The predicted octanol–water partition coefficient (Wildman–Crippen LogP) is 2.82. The maximum Gasteiger partial charge on any atom is 0.296 e. The summed E-state index contributed by atoms with van der Waals surface area (Å²) < 4.78 is 27.2. The second-order valence-electron chi connectivity index (χ2n) is 8.91. The molecule has 2 atom stereocenters. The van der Waals surface area contributed by atoms with Gasteiger partial charge in [0.25, 0.3) is 11.5 Å². The molecule has 0 aliphatic carbocycles. The summed E-state index contributed by atoms with van der Waals surface area (Å²) >= 11 is 0. The van der Waals surface area contributed by atoms with Gasteiger partial charge in [0.2, 0.25) is 5.75 Å². The van der Waals surface area contributed by atoms with Gasteiger partial charge < -0.3 is 19.7 Å². The molecule has 0 spiro atoms. The second kappa shape index (κ2) is 11.3. The molecule has 4 aromatic rings. The number of aromatic nitrogens is 5. The van der Waals surface area contributed by atoms with Crippen LogP contribution in [0.25, 0.3) is 0 Å². The van der Waals surface area contributed by atoms with E-state index in [0.717, 1.165) is 10.3 Å². The van der Waals surface area contributed by atoms with E-state index in [-0.39, 0.29) is 17.1 Å². The zero-order chi connectivity index (χ0) is 28.3. The number of hydrogen-bond acceptors (Lipinski definition) is 9. The highest BCUT2D eigenvalue weighted by atomic mass is 19.1. The Morgan fingerprint density at radius 3 is 2.77 bits per heavy atom. The first-order chi connectivity index (χ1) is 18.7. The highest BCUT2D eigenvalue weighted by Crippen LogP contribution is 2.40. The number of nitrogens with zero attached hydrogens (tertiary/aromatic N) is 6. The quantitative estimate of drug-likeness (QED) is 0.328. The Kier molecular flexibility index (Phi) is 7.87. The number of aromatic hydroxyl groups is 1. The minimum Gasteiger partial charge on any atom is -0.501 e. The van der Waals surface area contributed by atoms with Crippen LogP contribution in [-0.4, -0.2) is 49.2 Å². The van der Waals surface area contributed by atoms with Crippen LogP contribution in [0.3, 0.4) is 0 Å². The number of methoxy groups -OCH3 is 1. The zero-order valence-electron chi connectivity index (χ0n) is 21.7. The molecule has 0 saturated heterocycles. The summed E-state index contributed by atoms with van der Waals surface area (Å²) in [5, 5.41) is 30.7. The van der Waals surface area contributed by atoms with Gasteiger partial charge in [0.05, 0.1) is 37.2 Å². The smallest absolute Gasteiger partial charge is 0.296 e. The fourth-order valence-electron chi connectivity index (χ4n) is 4.55. The van der Waals surface area contributed by atoms with Gasteiger partial charge in [-0.15, -0.1) is 0 Å². The van der Waals surface area contributed by atoms with Crippen molar-refractivity contribution in [3.8, 4) is 11.8 Å². The SMILES string of the molecule is COCCn1ncc([C@H](c2cc(F)ccc2C#N)[C@H](C)c2nc(C(=O)Nc3cnoc3)c(O)c(=O)n2C)c1C. The van der Waals surface area contributed by atoms with Gasteiger partial charge in [-0.3, -0.25) is 18.8 Å². The number of halogens is 1. The van der Waals surface area contributed by atoms with Gasteiger partial charge in [0, 0.05) is 37.3 Å². The normalized spacial score (nSPS) is 12.6. The van der Waals surface area contributed by atoms with Crippen molar-refractivity contribution in [3.63, 3.8) is 0 Å². The summed E-state index contributed by atoms with van der Waals surface area (Å²) in [7, 11) is 2.98. The largest absolute Gasteiger partial charge is 0.501 e. The number of carbonyl (C=O) groups is 1. The molecule has 13 heteroatoms. The molecule has 1 aromatic carbocycles. The summed E-state index contributed by atoms with van der Waals surface area (Å²) in [6, 6.07) is 5.96. The van der Waals surface area contributed by atoms with E-state index < -0.39 is 40.6 Å². The van der Waals surface area contributed by atoms with E-state index in [2.05, 4.69) is 26.6 Å². The lowest BCUT2D eigenvalue weighted by Crippen LogP contribution is -2.29. The Labute approximate surface area is 222 Å². The van der Waals surface area contributed by atoms with Gasteiger partial charge >= 0.3 is 0 Å². The van der Waals surface area contributed by atoms with Crippen LogP contribution in [-0.2, 0) is 18.3 Å². The lowest BCUT2D eigenvalue weighted by molar-refractivity contribution is 0.101. The van der Waals surface area contributed by atoms with Gasteiger partial charge in [-0.1, -0.05) is 12.1 Å². The molecule has 0 radical (unpaired) electrons. The molecule has 0 aliphatic heterocycles. The number of amides is 1. The van der Waals surface area contributed by atoms with Crippen LogP contribution in [0.15, 0.2) is 46.2 Å². The minimum atomic E-state index is -0.856. The third kappa shape index (κ3) is 5.27. The van der Waals surface area contributed by atoms with Gasteiger partial charge in [-0.05, 0) is 30.7 Å². The number of carbonyl (C=O) groups excluding carboxylic acids is 1. The third-order valence-corrected chi connectivity index (χ3v) is 6.57. The summed E-state index contributed by atoms with van der Waals surface area (Å²) in [5.41, 5.74) is 0.834. The Morgan fingerprint density at radius 2 is 2.10 bits per heavy atom. The van der Waals surface area contributed by atoms with Crippen LogP contribution >= 0.6 is 0 Å².